The van der Waals surface area contributed by atoms with Crippen LogP contribution in [0.1, 0.15) is 42.7 Å². The molecule has 0 radical (unpaired) electrons. The zero-order valence-corrected chi connectivity index (χ0v) is 12.0. The Morgan fingerprint density at radius 1 is 1.05 bits per heavy atom. The Balaban J connectivity index is 1.66. The molecule has 1 aromatic carbocycles. The molecule has 0 aliphatic heterocycles. The number of fused-ring (bicyclic) bond motifs is 5. The third-order valence-electron chi connectivity index (χ3n) is 6.03. The molecule has 1 unspecified atom stereocenters. The standard InChI is InChI=1S/C18H22O2/c1-20-17-10-16-14-7-6-11-4-2-3-5-12(11)13(14)8-9-15(16)18(17)19/h2-5,13-17H,6-10H2,1H3/t13-,14-,15+,16+,17?/m1/s1. The second kappa shape index (κ2) is 4.70. The van der Waals surface area contributed by atoms with E-state index in [1.807, 2.05) is 0 Å². The van der Waals surface area contributed by atoms with E-state index in [0.29, 0.717) is 23.5 Å². The van der Waals surface area contributed by atoms with Gasteiger partial charge in [0.05, 0.1) is 0 Å². The minimum Gasteiger partial charge on any atom is -0.374 e. The van der Waals surface area contributed by atoms with E-state index >= 15 is 0 Å². The summed E-state index contributed by atoms with van der Waals surface area (Å²) in [5.41, 5.74) is 3.11. The van der Waals surface area contributed by atoms with Crippen molar-refractivity contribution in [1.82, 2.24) is 0 Å². The van der Waals surface area contributed by atoms with Crippen LogP contribution in [-0.4, -0.2) is 19.0 Å². The molecule has 1 aromatic rings. The number of Topliss-reactive ketones (excluding diaryl/α,β-unsaturated/α-hetero) is 1. The van der Waals surface area contributed by atoms with Crippen LogP contribution in [0.4, 0.5) is 0 Å². The second-order valence-corrected chi connectivity index (χ2v) is 6.72. The van der Waals surface area contributed by atoms with Crippen LogP contribution >= 0.6 is 0 Å². The lowest BCUT2D eigenvalue weighted by molar-refractivity contribution is -0.129. The SMILES string of the molecule is COC1C[C@H]2[C@@H]3CCc4ccccc4[C@H]3CC[C@@H]2C1=O. The first-order chi connectivity index (χ1) is 9.79. The number of methoxy groups -OCH3 is 1. The molecule has 0 amide bonds. The van der Waals surface area contributed by atoms with E-state index in [1.54, 1.807) is 18.2 Å². The topological polar surface area (TPSA) is 26.3 Å². The van der Waals surface area contributed by atoms with Crippen molar-refractivity contribution in [2.75, 3.05) is 7.11 Å². The van der Waals surface area contributed by atoms with Crippen molar-refractivity contribution in [3.63, 3.8) is 0 Å². The average Bonchev–Trinajstić information content (AvgIpc) is 2.83. The number of hydrogen-bond acceptors (Lipinski definition) is 2. The molecule has 106 valence electrons. The lowest BCUT2D eigenvalue weighted by atomic mass is 9.61. The van der Waals surface area contributed by atoms with Crippen molar-refractivity contribution >= 4 is 5.78 Å². The molecule has 0 saturated heterocycles. The first-order valence-electron chi connectivity index (χ1n) is 7.94. The van der Waals surface area contributed by atoms with Crippen LogP contribution in [0.15, 0.2) is 24.3 Å². The van der Waals surface area contributed by atoms with Crippen molar-refractivity contribution < 1.29 is 9.53 Å². The Hall–Kier alpha value is -1.15. The molecule has 0 bridgehead atoms. The molecule has 2 nitrogen and oxygen atoms in total. The Kier molecular flexibility index (Phi) is 2.95. The molecule has 0 aromatic heterocycles. The second-order valence-electron chi connectivity index (χ2n) is 6.72. The lowest BCUT2D eigenvalue weighted by Crippen LogP contribution is -2.35. The first kappa shape index (κ1) is 12.6. The highest BCUT2D eigenvalue weighted by Gasteiger charge is 2.51. The molecule has 2 heteroatoms. The van der Waals surface area contributed by atoms with Gasteiger partial charge in [0, 0.05) is 13.0 Å². The van der Waals surface area contributed by atoms with E-state index in [4.69, 9.17) is 4.74 Å². The summed E-state index contributed by atoms with van der Waals surface area (Å²) in [6.45, 7) is 0. The summed E-state index contributed by atoms with van der Waals surface area (Å²) < 4.78 is 5.41. The van der Waals surface area contributed by atoms with Gasteiger partial charge in [0.2, 0.25) is 0 Å². The molecule has 2 saturated carbocycles. The summed E-state index contributed by atoms with van der Waals surface area (Å²) in [7, 11) is 1.69. The van der Waals surface area contributed by atoms with Crippen LogP contribution in [0, 0.1) is 17.8 Å². The molecular formula is C18H22O2. The van der Waals surface area contributed by atoms with Gasteiger partial charge in [-0.15, -0.1) is 0 Å². The van der Waals surface area contributed by atoms with Crippen molar-refractivity contribution in [3.05, 3.63) is 35.4 Å². The van der Waals surface area contributed by atoms with E-state index in [2.05, 4.69) is 24.3 Å². The maximum Gasteiger partial charge on any atom is 0.164 e. The Morgan fingerprint density at radius 2 is 1.85 bits per heavy atom. The molecular weight excluding hydrogens is 248 g/mol. The van der Waals surface area contributed by atoms with E-state index in [1.165, 1.54) is 19.3 Å². The maximum atomic E-state index is 12.4. The third-order valence-corrected chi connectivity index (χ3v) is 6.03. The molecule has 3 aliphatic carbocycles. The quantitative estimate of drug-likeness (QED) is 0.782. The van der Waals surface area contributed by atoms with Gasteiger partial charge in [-0.3, -0.25) is 4.79 Å². The van der Waals surface area contributed by atoms with Crippen LogP contribution in [0.5, 0.6) is 0 Å². The number of carbonyl (C=O) groups is 1. The van der Waals surface area contributed by atoms with Gasteiger partial charge in [-0.05, 0) is 61.0 Å². The molecule has 5 atom stereocenters. The molecule has 0 N–H and O–H groups in total. The normalized spacial score (nSPS) is 39.0. The molecule has 2 fully saturated rings. The zero-order valence-electron chi connectivity index (χ0n) is 12.0. The third kappa shape index (κ3) is 1.70. The van der Waals surface area contributed by atoms with E-state index < -0.39 is 0 Å². The molecule has 0 heterocycles. The van der Waals surface area contributed by atoms with E-state index in [9.17, 15) is 4.79 Å². The van der Waals surface area contributed by atoms with Gasteiger partial charge in [-0.2, -0.15) is 0 Å². The van der Waals surface area contributed by atoms with Crippen molar-refractivity contribution in [3.8, 4) is 0 Å². The Morgan fingerprint density at radius 3 is 2.70 bits per heavy atom. The van der Waals surface area contributed by atoms with Crippen LogP contribution in [0.25, 0.3) is 0 Å². The average molecular weight is 270 g/mol. The predicted octanol–water partition coefficient (Wildman–Crippen LogP) is 3.35. The monoisotopic (exact) mass is 270 g/mol. The molecule has 0 spiro atoms. The molecule has 3 aliphatic rings. The van der Waals surface area contributed by atoms with Crippen LogP contribution in [0.2, 0.25) is 0 Å². The number of carbonyl (C=O) groups excluding carboxylic acids is 1. The van der Waals surface area contributed by atoms with Gasteiger partial charge in [-0.25, -0.2) is 0 Å². The fraction of sp³-hybridized carbons (Fsp3) is 0.611. The Bertz CT molecular complexity index is 536. The highest BCUT2D eigenvalue weighted by Crippen LogP contribution is 2.54. The van der Waals surface area contributed by atoms with Crippen LogP contribution in [0.3, 0.4) is 0 Å². The summed E-state index contributed by atoms with van der Waals surface area (Å²) in [4.78, 5) is 12.4. The highest BCUT2D eigenvalue weighted by atomic mass is 16.5. The summed E-state index contributed by atoms with van der Waals surface area (Å²) in [5, 5.41) is 0. The number of rotatable bonds is 1. The highest BCUT2D eigenvalue weighted by molar-refractivity contribution is 5.88. The fourth-order valence-electron chi connectivity index (χ4n) is 5.14. The van der Waals surface area contributed by atoms with E-state index in [0.717, 1.165) is 12.8 Å². The van der Waals surface area contributed by atoms with Crippen molar-refractivity contribution in [1.29, 1.82) is 0 Å². The Labute approximate surface area is 120 Å². The summed E-state index contributed by atoms with van der Waals surface area (Å²) in [6, 6.07) is 8.93. The summed E-state index contributed by atoms with van der Waals surface area (Å²) in [6.07, 6.45) is 5.53. The molecule has 20 heavy (non-hydrogen) atoms. The number of hydrogen-bond donors (Lipinski definition) is 0. The lowest BCUT2D eigenvalue weighted by Gasteiger charge is -2.43. The van der Waals surface area contributed by atoms with Crippen molar-refractivity contribution in [2.45, 2.75) is 44.1 Å². The predicted molar refractivity (Wildman–Crippen MR) is 77.6 cm³/mol. The summed E-state index contributed by atoms with van der Waals surface area (Å²) >= 11 is 0. The minimum atomic E-state index is -0.124. The number of aryl methyl sites for hydroxylation is 1. The fourth-order valence-corrected chi connectivity index (χ4v) is 5.14. The first-order valence-corrected chi connectivity index (χ1v) is 7.94. The van der Waals surface area contributed by atoms with Gasteiger partial charge in [0.15, 0.2) is 5.78 Å². The number of benzene rings is 1. The van der Waals surface area contributed by atoms with E-state index in [-0.39, 0.29) is 12.0 Å². The maximum absolute atomic E-state index is 12.4. The van der Waals surface area contributed by atoms with Gasteiger partial charge >= 0.3 is 0 Å². The van der Waals surface area contributed by atoms with Gasteiger partial charge < -0.3 is 4.74 Å². The van der Waals surface area contributed by atoms with Crippen LogP contribution in [-0.2, 0) is 16.0 Å². The number of ether oxygens (including phenoxy) is 1. The van der Waals surface area contributed by atoms with Crippen molar-refractivity contribution in [2.24, 2.45) is 17.8 Å². The number of ketones is 1. The smallest absolute Gasteiger partial charge is 0.164 e. The minimum absolute atomic E-state index is 0.124. The van der Waals surface area contributed by atoms with Gasteiger partial charge in [0.25, 0.3) is 0 Å². The zero-order chi connectivity index (χ0) is 13.7. The van der Waals surface area contributed by atoms with Gasteiger partial charge in [0.1, 0.15) is 6.10 Å². The summed E-state index contributed by atoms with van der Waals surface area (Å²) in [5.74, 6) is 2.62. The molecule has 4 rings (SSSR count). The van der Waals surface area contributed by atoms with Crippen LogP contribution < -0.4 is 0 Å². The largest absolute Gasteiger partial charge is 0.374 e. The van der Waals surface area contributed by atoms with Gasteiger partial charge in [-0.1, -0.05) is 24.3 Å².